The quantitative estimate of drug-likeness (QED) is 0.497. The molecule has 2 aliphatic rings. The molecular weight excluding hydrogens is 266 g/mol. The Bertz CT molecular complexity index is 304. The minimum Gasteiger partial charge on any atom is -0.174 e. The predicted octanol–water partition coefficient (Wildman–Crippen LogP) is 6.96. The first kappa shape index (κ1) is 17.0. The Morgan fingerprint density at radius 3 is 1.71 bits per heavy atom. The van der Waals surface area contributed by atoms with Crippen LogP contribution in [0.4, 0.5) is 8.78 Å². The second-order valence-electron chi connectivity index (χ2n) is 7.42. The van der Waals surface area contributed by atoms with Crippen LogP contribution < -0.4 is 0 Å². The second kappa shape index (κ2) is 8.90. The molecule has 0 bridgehead atoms. The molecule has 2 rings (SSSR count). The third kappa shape index (κ3) is 5.71. The van der Waals surface area contributed by atoms with Crippen molar-refractivity contribution in [1.82, 2.24) is 0 Å². The average molecular weight is 298 g/mol. The first-order valence-electron chi connectivity index (χ1n) is 9.20. The van der Waals surface area contributed by atoms with Crippen LogP contribution in [0.3, 0.4) is 0 Å². The van der Waals surface area contributed by atoms with E-state index in [4.69, 9.17) is 0 Å². The van der Waals surface area contributed by atoms with Gasteiger partial charge in [0.25, 0.3) is 6.08 Å². The molecule has 2 aliphatic carbocycles. The Morgan fingerprint density at radius 2 is 1.29 bits per heavy atom. The Kier molecular flexibility index (Phi) is 7.19. The molecule has 122 valence electrons. The topological polar surface area (TPSA) is 0 Å². The van der Waals surface area contributed by atoms with Gasteiger partial charge in [-0.3, -0.25) is 0 Å². The van der Waals surface area contributed by atoms with E-state index in [-0.39, 0.29) is 0 Å². The Labute approximate surface area is 129 Å². The third-order valence-electron chi connectivity index (χ3n) is 6.02. The maximum atomic E-state index is 12.0. The fourth-order valence-corrected chi connectivity index (χ4v) is 4.73. The van der Waals surface area contributed by atoms with Crippen molar-refractivity contribution >= 4 is 0 Å². The van der Waals surface area contributed by atoms with Crippen molar-refractivity contribution in [3.05, 3.63) is 12.2 Å². The van der Waals surface area contributed by atoms with Gasteiger partial charge in [0.05, 0.1) is 0 Å². The van der Waals surface area contributed by atoms with Crippen LogP contribution >= 0.6 is 0 Å². The normalized spacial score (nSPS) is 33.7. The lowest BCUT2D eigenvalue weighted by molar-refractivity contribution is 0.141. The zero-order chi connectivity index (χ0) is 15.1. The van der Waals surface area contributed by atoms with Gasteiger partial charge in [-0.05, 0) is 68.3 Å². The highest BCUT2D eigenvalue weighted by atomic mass is 19.3. The van der Waals surface area contributed by atoms with Gasteiger partial charge in [-0.2, -0.15) is 8.78 Å². The van der Waals surface area contributed by atoms with Crippen molar-refractivity contribution in [3.8, 4) is 0 Å². The van der Waals surface area contributed by atoms with E-state index in [1.807, 2.05) is 0 Å². The first-order valence-corrected chi connectivity index (χ1v) is 9.20. The SMILES string of the molecule is CCCC1CCC(C2CCC(CCC=C(F)F)CC2)CC1. The molecule has 2 heteroatoms. The molecule has 0 spiro atoms. The highest BCUT2D eigenvalue weighted by Gasteiger charge is 2.30. The summed E-state index contributed by atoms with van der Waals surface area (Å²) in [6.45, 7) is 2.30. The summed E-state index contributed by atoms with van der Waals surface area (Å²) in [5.41, 5.74) is 0. The standard InChI is InChI=1S/C19H32F2/c1-2-4-15-7-11-17(12-8-15)18-13-9-16(10-14-18)5-3-6-19(20)21/h6,15-18H,2-5,7-14H2,1H3. The lowest BCUT2D eigenvalue weighted by Gasteiger charge is -2.38. The molecule has 0 aromatic carbocycles. The van der Waals surface area contributed by atoms with Gasteiger partial charge >= 0.3 is 0 Å². The molecule has 21 heavy (non-hydrogen) atoms. The van der Waals surface area contributed by atoms with Crippen LogP contribution in [-0.4, -0.2) is 0 Å². The largest absolute Gasteiger partial charge is 0.266 e. The fourth-order valence-electron chi connectivity index (χ4n) is 4.73. The smallest absolute Gasteiger partial charge is 0.174 e. The molecule has 0 radical (unpaired) electrons. The van der Waals surface area contributed by atoms with Gasteiger partial charge in [-0.25, -0.2) is 0 Å². The number of hydrogen-bond donors (Lipinski definition) is 0. The third-order valence-corrected chi connectivity index (χ3v) is 6.02. The molecule has 2 fully saturated rings. The average Bonchev–Trinajstić information content (AvgIpc) is 2.49. The van der Waals surface area contributed by atoms with Crippen LogP contribution in [0.2, 0.25) is 0 Å². The first-order chi connectivity index (χ1) is 10.2. The van der Waals surface area contributed by atoms with Crippen LogP contribution in [-0.2, 0) is 0 Å². The summed E-state index contributed by atoms with van der Waals surface area (Å²) in [5, 5.41) is 0. The Morgan fingerprint density at radius 1 is 0.810 bits per heavy atom. The van der Waals surface area contributed by atoms with Crippen LogP contribution in [0.5, 0.6) is 0 Å². The number of halogens is 2. The second-order valence-corrected chi connectivity index (χ2v) is 7.42. The number of allylic oxidation sites excluding steroid dienone is 1. The van der Waals surface area contributed by atoms with Crippen molar-refractivity contribution in [1.29, 1.82) is 0 Å². The van der Waals surface area contributed by atoms with Crippen LogP contribution in [0.1, 0.15) is 84.0 Å². The fraction of sp³-hybridized carbons (Fsp3) is 0.895. The molecule has 0 amide bonds. The highest BCUT2D eigenvalue weighted by molar-refractivity contribution is 4.85. The van der Waals surface area contributed by atoms with Crippen molar-refractivity contribution in [2.24, 2.45) is 23.7 Å². The molecule has 0 aliphatic heterocycles. The molecule has 0 aromatic rings. The lowest BCUT2D eigenvalue weighted by atomic mass is 9.68. The van der Waals surface area contributed by atoms with Crippen LogP contribution in [0.15, 0.2) is 12.2 Å². The Balaban J connectivity index is 1.64. The van der Waals surface area contributed by atoms with Gasteiger partial charge in [-0.15, -0.1) is 0 Å². The van der Waals surface area contributed by atoms with Gasteiger partial charge in [0.15, 0.2) is 0 Å². The summed E-state index contributed by atoms with van der Waals surface area (Å²) in [7, 11) is 0. The zero-order valence-corrected chi connectivity index (χ0v) is 13.6. The summed E-state index contributed by atoms with van der Waals surface area (Å²) in [6, 6.07) is 0. The summed E-state index contributed by atoms with van der Waals surface area (Å²) in [6.07, 6.45) is 15.0. The van der Waals surface area contributed by atoms with E-state index in [0.29, 0.717) is 12.3 Å². The van der Waals surface area contributed by atoms with Crippen LogP contribution in [0, 0.1) is 23.7 Å². The minimum absolute atomic E-state index is 0.569. The van der Waals surface area contributed by atoms with E-state index in [2.05, 4.69) is 6.92 Å². The molecule has 0 N–H and O–H groups in total. The number of rotatable bonds is 6. The molecular formula is C19H32F2. The minimum atomic E-state index is -1.51. The predicted molar refractivity (Wildman–Crippen MR) is 85.3 cm³/mol. The molecule has 0 unspecified atom stereocenters. The van der Waals surface area contributed by atoms with Crippen molar-refractivity contribution in [3.63, 3.8) is 0 Å². The van der Waals surface area contributed by atoms with Gasteiger partial charge in [0, 0.05) is 0 Å². The monoisotopic (exact) mass is 298 g/mol. The summed E-state index contributed by atoms with van der Waals surface area (Å²) >= 11 is 0. The number of hydrogen-bond acceptors (Lipinski definition) is 0. The zero-order valence-electron chi connectivity index (χ0n) is 13.6. The van der Waals surface area contributed by atoms with E-state index in [1.165, 1.54) is 64.2 Å². The van der Waals surface area contributed by atoms with Gasteiger partial charge in [0.1, 0.15) is 0 Å². The maximum Gasteiger partial charge on any atom is 0.266 e. The summed E-state index contributed by atoms with van der Waals surface area (Å²) in [5.74, 6) is 3.62. The summed E-state index contributed by atoms with van der Waals surface area (Å²) < 4.78 is 24.1. The van der Waals surface area contributed by atoms with Gasteiger partial charge in [-0.1, -0.05) is 45.4 Å². The molecule has 0 saturated heterocycles. The molecule has 0 atom stereocenters. The van der Waals surface area contributed by atoms with E-state index in [9.17, 15) is 8.78 Å². The van der Waals surface area contributed by atoms with E-state index in [1.54, 1.807) is 0 Å². The van der Waals surface area contributed by atoms with E-state index in [0.717, 1.165) is 30.3 Å². The highest BCUT2D eigenvalue weighted by Crippen LogP contribution is 2.42. The summed E-state index contributed by atoms with van der Waals surface area (Å²) in [4.78, 5) is 0. The van der Waals surface area contributed by atoms with Crippen molar-refractivity contribution in [2.75, 3.05) is 0 Å². The van der Waals surface area contributed by atoms with E-state index < -0.39 is 6.08 Å². The van der Waals surface area contributed by atoms with Crippen LogP contribution in [0.25, 0.3) is 0 Å². The van der Waals surface area contributed by atoms with Gasteiger partial charge in [0.2, 0.25) is 0 Å². The molecule has 0 aromatic heterocycles. The molecule has 0 heterocycles. The Hall–Kier alpha value is -0.400. The van der Waals surface area contributed by atoms with Gasteiger partial charge < -0.3 is 0 Å². The molecule has 0 nitrogen and oxygen atoms in total. The van der Waals surface area contributed by atoms with Crippen molar-refractivity contribution < 1.29 is 8.78 Å². The van der Waals surface area contributed by atoms with E-state index >= 15 is 0 Å². The molecule has 2 saturated carbocycles. The lowest BCUT2D eigenvalue weighted by Crippen LogP contribution is -2.25. The van der Waals surface area contributed by atoms with Crippen molar-refractivity contribution in [2.45, 2.75) is 84.0 Å². The maximum absolute atomic E-state index is 12.0.